The molecule has 0 saturated heterocycles. The molecule has 35 heavy (non-hydrogen) atoms. The zero-order valence-corrected chi connectivity index (χ0v) is 24.9. The first-order chi connectivity index (χ1) is 17.2. The summed E-state index contributed by atoms with van der Waals surface area (Å²) in [6, 6.07) is 0. The number of unbranched alkanes of at least 4 members (excludes halogenated alkanes) is 19. The van der Waals surface area contributed by atoms with E-state index >= 15 is 0 Å². The molecule has 0 rings (SSSR count). The number of ether oxygens (including phenoxy) is 1. The van der Waals surface area contributed by atoms with Crippen molar-refractivity contribution in [3.8, 4) is 0 Å². The van der Waals surface area contributed by atoms with Crippen molar-refractivity contribution >= 4 is 5.97 Å². The molecule has 0 N–H and O–H groups in total. The molecule has 2 unspecified atom stereocenters. The fourth-order valence-corrected chi connectivity index (χ4v) is 5.14. The van der Waals surface area contributed by atoms with Crippen molar-refractivity contribution in [2.45, 2.75) is 188 Å². The number of carbonyl (C=O) groups excluding carboxylic acids is 1. The van der Waals surface area contributed by atoms with Crippen molar-refractivity contribution in [3.63, 3.8) is 0 Å². The molecule has 2 heteroatoms. The third kappa shape index (κ3) is 24.9. The second-order valence-electron chi connectivity index (χ2n) is 11.5. The highest BCUT2D eigenvalue weighted by molar-refractivity contribution is 5.71. The second kappa shape index (κ2) is 28.0. The van der Waals surface area contributed by atoms with Crippen LogP contribution in [0.3, 0.4) is 0 Å². The molecule has 0 aliphatic carbocycles. The topological polar surface area (TPSA) is 26.3 Å². The average molecular weight is 495 g/mol. The van der Waals surface area contributed by atoms with Gasteiger partial charge in [-0.1, -0.05) is 169 Å². The van der Waals surface area contributed by atoms with Crippen LogP contribution in [0.1, 0.15) is 188 Å². The van der Waals surface area contributed by atoms with Gasteiger partial charge in [-0.2, -0.15) is 0 Å². The van der Waals surface area contributed by atoms with Crippen LogP contribution in [-0.2, 0) is 9.53 Å². The van der Waals surface area contributed by atoms with Crippen LogP contribution >= 0.6 is 0 Å². The van der Waals surface area contributed by atoms with Crippen molar-refractivity contribution in [2.24, 2.45) is 11.8 Å². The van der Waals surface area contributed by atoms with Gasteiger partial charge >= 0.3 is 5.97 Å². The van der Waals surface area contributed by atoms with Gasteiger partial charge in [0.05, 0.1) is 12.5 Å². The van der Waals surface area contributed by atoms with E-state index in [0.29, 0.717) is 12.5 Å². The lowest BCUT2D eigenvalue weighted by Crippen LogP contribution is -2.20. The fraction of sp³-hybridized carbons (Fsp3) is 0.970. The van der Waals surface area contributed by atoms with E-state index in [9.17, 15) is 4.79 Å². The molecule has 210 valence electrons. The van der Waals surface area contributed by atoms with Crippen molar-refractivity contribution in [1.29, 1.82) is 0 Å². The maximum Gasteiger partial charge on any atom is 0.308 e. The van der Waals surface area contributed by atoms with Gasteiger partial charge < -0.3 is 4.74 Å². The monoisotopic (exact) mass is 495 g/mol. The van der Waals surface area contributed by atoms with Gasteiger partial charge in [0.15, 0.2) is 0 Å². The first-order valence-corrected chi connectivity index (χ1v) is 16.3. The van der Waals surface area contributed by atoms with E-state index in [4.69, 9.17) is 4.74 Å². The first kappa shape index (κ1) is 34.5. The van der Waals surface area contributed by atoms with E-state index in [-0.39, 0.29) is 11.9 Å². The summed E-state index contributed by atoms with van der Waals surface area (Å²) in [6.07, 6.45) is 33.1. The van der Waals surface area contributed by atoms with Crippen molar-refractivity contribution in [3.05, 3.63) is 0 Å². The Morgan fingerprint density at radius 1 is 0.486 bits per heavy atom. The van der Waals surface area contributed by atoms with Crippen molar-refractivity contribution < 1.29 is 9.53 Å². The Kier molecular flexibility index (Phi) is 27.6. The molecule has 0 radical (unpaired) electrons. The summed E-state index contributed by atoms with van der Waals surface area (Å²) in [4.78, 5) is 12.6. The minimum atomic E-state index is 0.0510. The molecule has 2 atom stereocenters. The summed E-state index contributed by atoms with van der Waals surface area (Å²) in [5.74, 6) is 0.684. The highest BCUT2D eigenvalue weighted by Crippen LogP contribution is 2.21. The molecule has 2 nitrogen and oxygen atoms in total. The van der Waals surface area contributed by atoms with Crippen LogP contribution < -0.4 is 0 Å². The third-order valence-electron chi connectivity index (χ3n) is 7.79. The van der Waals surface area contributed by atoms with Crippen LogP contribution in [-0.4, -0.2) is 12.6 Å². The van der Waals surface area contributed by atoms with E-state index in [1.165, 1.54) is 154 Å². The van der Waals surface area contributed by atoms with Crippen molar-refractivity contribution in [2.75, 3.05) is 6.61 Å². The SMILES string of the molecule is CCCCCCCCCCCCC(CCCCCCC)COC(=O)C(C)CCCCCCCCC. The molecule has 0 aromatic rings. The Bertz CT molecular complexity index is 419. The number of carbonyl (C=O) groups is 1. The molecule has 0 saturated carbocycles. The molecule has 0 aromatic carbocycles. The lowest BCUT2D eigenvalue weighted by Gasteiger charge is -2.19. The Morgan fingerprint density at radius 2 is 0.800 bits per heavy atom. The van der Waals surface area contributed by atoms with E-state index in [1.54, 1.807) is 0 Å². The molecule has 0 bridgehead atoms. The average Bonchev–Trinajstić information content (AvgIpc) is 2.86. The summed E-state index contributed by atoms with van der Waals surface area (Å²) < 4.78 is 5.86. The number of hydrogen-bond acceptors (Lipinski definition) is 2. The van der Waals surface area contributed by atoms with Crippen LogP contribution in [0.4, 0.5) is 0 Å². The van der Waals surface area contributed by atoms with Crippen LogP contribution in [0.25, 0.3) is 0 Å². The summed E-state index contributed by atoms with van der Waals surface area (Å²) >= 11 is 0. The zero-order valence-electron chi connectivity index (χ0n) is 24.9. The van der Waals surface area contributed by atoms with E-state index in [2.05, 4.69) is 27.7 Å². The second-order valence-corrected chi connectivity index (χ2v) is 11.5. The highest BCUT2D eigenvalue weighted by Gasteiger charge is 2.17. The zero-order chi connectivity index (χ0) is 25.8. The predicted molar refractivity (Wildman–Crippen MR) is 156 cm³/mol. The summed E-state index contributed by atoms with van der Waals surface area (Å²) in [5, 5.41) is 0. The summed E-state index contributed by atoms with van der Waals surface area (Å²) in [6.45, 7) is 9.56. The van der Waals surface area contributed by atoms with Crippen LogP contribution in [0.2, 0.25) is 0 Å². The maximum atomic E-state index is 12.6. The van der Waals surface area contributed by atoms with Gasteiger partial charge in [-0.25, -0.2) is 0 Å². The highest BCUT2D eigenvalue weighted by atomic mass is 16.5. The van der Waals surface area contributed by atoms with Crippen LogP contribution in [0.15, 0.2) is 0 Å². The quantitative estimate of drug-likeness (QED) is 0.0798. The van der Waals surface area contributed by atoms with Gasteiger partial charge in [-0.05, 0) is 25.2 Å². The van der Waals surface area contributed by atoms with Gasteiger partial charge in [0.1, 0.15) is 0 Å². The van der Waals surface area contributed by atoms with Crippen LogP contribution in [0.5, 0.6) is 0 Å². The van der Waals surface area contributed by atoms with Gasteiger partial charge in [0, 0.05) is 0 Å². The minimum Gasteiger partial charge on any atom is -0.465 e. The normalized spacial score (nSPS) is 13.1. The molecule has 0 aliphatic heterocycles. The van der Waals surface area contributed by atoms with Crippen molar-refractivity contribution in [1.82, 2.24) is 0 Å². The molecule has 0 heterocycles. The Morgan fingerprint density at radius 3 is 1.17 bits per heavy atom. The lowest BCUT2D eigenvalue weighted by atomic mass is 9.94. The number of esters is 1. The molecule has 0 spiro atoms. The molecular formula is C33H66O2. The van der Waals surface area contributed by atoms with E-state index < -0.39 is 0 Å². The van der Waals surface area contributed by atoms with Gasteiger partial charge in [0.25, 0.3) is 0 Å². The van der Waals surface area contributed by atoms with Crippen LogP contribution in [0, 0.1) is 11.8 Å². The largest absolute Gasteiger partial charge is 0.465 e. The Balaban J connectivity index is 4.06. The maximum absolute atomic E-state index is 12.6. The molecule has 0 aromatic heterocycles. The smallest absolute Gasteiger partial charge is 0.308 e. The standard InChI is InChI=1S/C33H66O2/c1-5-8-11-14-16-17-18-20-23-26-29-32(28-25-21-13-10-7-3)30-35-33(34)31(4)27-24-22-19-15-12-9-6-2/h31-32H,5-30H2,1-4H3. The summed E-state index contributed by atoms with van der Waals surface area (Å²) in [5.41, 5.74) is 0. The molecule has 0 aliphatic rings. The molecule has 0 amide bonds. The van der Waals surface area contributed by atoms with Gasteiger partial charge in [-0.3, -0.25) is 4.79 Å². The number of hydrogen-bond donors (Lipinski definition) is 0. The van der Waals surface area contributed by atoms with Gasteiger partial charge in [0.2, 0.25) is 0 Å². The first-order valence-electron chi connectivity index (χ1n) is 16.3. The predicted octanol–water partition coefficient (Wildman–Crippen LogP) is 11.6. The molecule has 0 fully saturated rings. The fourth-order valence-electron chi connectivity index (χ4n) is 5.14. The summed E-state index contributed by atoms with van der Waals surface area (Å²) in [7, 11) is 0. The Hall–Kier alpha value is -0.530. The van der Waals surface area contributed by atoms with E-state index in [1.807, 2.05) is 0 Å². The Labute approximate surface area is 222 Å². The molecular weight excluding hydrogens is 428 g/mol. The van der Waals surface area contributed by atoms with Gasteiger partial charge in [-0.15, -0.1) is 0 Å². The van der Waals surface area contributed by atoms with E-state index in [0.717, 1.165) is 6.42 Å². The number of rotatable bonds is 28. The lowest BCUT2D eigenvalue weighted by molar-refractivity contribution is -0.149. The minimum absolute atomic E-state index is 0.0510. The third-order valence-corrected chi connectivity index (χ3v) is 7.79.